The SMILES string of the molecule is CCCCCOC(=O)c1cc(C(=O)OCCCC)ccc1C(=O)OCCCC. The molecule has 1 rings (SSSR count). The Bertz CT molecular complexity index is 638. The predicted molar refractivity (Wildman–Crippen MR) is 107 cm³/mol. The molecule has 0 bridgehead atoms. The van der Waals surface area contributed by atoms with Crippen molar-refractivity contribution in [2.24, 2.45) is 0 Å². The number of rotatable bonds is 13. The van der Waals surface area contributed by atoms with Crippen LogP contribution in [0.1, 0.15) is 96.8 Å². The van der Waals surface area contributed by atoms with E-state index in [9.17, 15) is 14.4 Å². The number of benzene rings is 1. The molecule has 1 aromatic rings. The lowest BCUT2D eigenvalue weighted by atomic mass is 10.0. The molecule has 0 unspecified atom stereocenters. The maximum atomic E-state index is 12.5. The summed E-state index contributed by atoms with van der Waals surface area (Å²) in [6.07, 6.45) is 6.00. The first-order valence-electron chi connectivity index (χ1n) is 10.2. The molecule has 6 nitrogen and oxygen atoms in total. The minimum absolute atomic E-state index is 0.0305. The summed E-state index contributed by atoms with van der Waals surface area (Å²) in [6.45, 7) is 6.90. The highest BCUT2D eigenvalue weighted by atomic mass is 16.5. The van der Waals surface area contributed by atoms with E-state index in [-0.39, 0.29) is 29.9 Å². The third-order valence-electron chi connectivity index (χ3n) is 4.14. The Morgan fingerprint density at radius 3 is 1.71 bits per heavy atom. The van der Waals surface area contributed by atoms with Gasteiger partial charge < -0.3 is 14.2 Å². The van der Waals surface area contributed by atoms with Crippen LogP contribution >= 0.6 is 0 Å². The van der Waals surface area contributed by atoms with E-state index in [1.807, 2.05) is 13.8 Å². The number of carbonyl (C=O) groups excluding carboxylic acids is 3. The molecule has 0 amide bonds. The summed E-state index contributed by atoms with van der Waals surface area (Å²) in [7, 11) is 0. The normalized spacial score (nSPS) is 10.4. The highest BCUT2D eigenvalue weighted by molar-refractivity contribution is 6.05. The van der Waals surface area contributed by atoms with Crippen LogP contribution in [0.25, 0.3) is 0 Å². The maximum Gasteiger partial charge on any atom is 0.339 e. The van der Waals surface area contributed by atoms with Gasteiger partial charge in [-0.25, -0.2) is 14.4 Å². The Labute approximate surface area is 167 Å². The molecule has 0 aromatic heterocycles. The number of ether oxygens (including phenoxy) is 3. The van der Waals surface area contributed by atoms with Gasteiger partial charge in [0, 0.05) is 0 Å². The molecule has 0 radical (unpaired) electrons. The van der Waals surface area contributed by atoms with Crippen molar-refractivity contribution in [2.75, 3.05) is 19.8 Å². The Morgan fingerprint density at radius 1 is 0.643 bits per heavy atom. The lowest BCUT2D eigenvalue weighted by molar-refractivity contribution is 0.0449. The summed E-state index contributed by atoms with van der Waals surface area (Å²) < 4.78 is 15.7. The standard InChI is InChI=1S/C22H32O6/c1-4-7-10-15-28-22(25)19-16-17(20(23)26-13-8-5-2)11-12-18(19)21(24)27-14-9-6-3/h11-12,16H,4-10,13-15H2,1-3H3. The smallest absolute Gasteiger partial charge is 0.339 e. The second-order valence-electron chi connectivity index (χ2n) is 6.58. The van der Waals surface area contributed by atoms with Crippen LogP contribution < -0.4 is 0 Å². The fourth-order valence-corrected chi connectivity index (χ4v) is 2.39. The monoisotopic (exact) mass is 392 g/mol. The van der Waals surface area contributed by atoms with Gasteiger partial charge in [0.2, 0.25) is 0 Å². The van der Waals surface area contributed by atoms with Gasteiger partial charge in [-0.3, -0.25) is 0 Å². The van der Waals surface area contributed by atoms with Crippen LogP contribution in [0.4, 0.5) is 0 Å². The van der Waals surface area contributed by atoms with Gasteiger partial charge in [0.05, 0.1) is 36.5 Å². The number of esters is 3. The first-order chi connectivity index (χ1) is 13.5. The summed E-state index contributed by atoms with van der Waals surface area (Å²) in [5, 5.41) is 0. The predicted octanol–water partition coefficient (Wildman–Crippen LogP) is 4.95. The van der Waals surface area contributed by atoms with Crippen LogP contribution in [-0.4, -0.2) is 37.7 Å². The summed E-state index contributed by atoms with van der Waals surface area (Å²) in [5.74, 6) is -1.76. The summed E-state index contributed by atoms with van der Waals surface area (Å²) >= 11 is 0. The zero-order valence-electron chi connectivity index (χ0n) is 17.3. The summed E-state index contributed by atoms with van der Waals surface area (Å²) in [4.78, 5) is 37.1. The number of unbranched alkanes of at least 4 members (excludes halogenated alkanes) is 4. The zero-order chi connectivity index (χ0) is 20.8. The van der Waals surface area contributed by atoms with E-state index in [1.165, 1.54) is 18.2 Å². The topological polar surface area (TPSA) is 78.9 Å². The largest absolute Gasteiger partial charge is 0.462 e. The molecule has 0 heterocycles. The van der Waals surface area contributed by atoms with Crippen LogP contribution in [0, 0.1) is 0 Å². The fraction of sp³-hybridized carbons (Fsp3) is 0.591. The van der Waals surface area contributed by atoms with Crippen LogP contribution in [0.5, 0.6) is 0 Å². The van der Waals surface area contributed by atoms with Gasteiger partial charge in [0.1, 0.15) is 0 Å². The number of hydrogen-bond acceptors (Lipinski definition) is 6. The number of carbonyl (C=O) groups is 3. The van der Waals surface area contributed by atoms with Gasteiger partial charge in [0.25, 0.3) is 0 Å². The van der Waals surface area contributed by atoms with Gasteiger partial charge >= 0.3 is 17.9 Å². The van der Waals surface area contributed by atoms with E-state index < -0.39 is 17.9 Å². The fourth-order valence-electron chi connectivity index (χ4n) is 2.39. The van der Waals surface area contributed by atoms with Crippen molar-refractivity contribution in [1.29, 1.82) is 0 Å². The second kappa shape index (κ2) is 13.7. The van der Waals surface area contributed by atoms with Crippen molar-refractivity contribution in [3.63, 3.8) is 0 Å². The molecule has 0 aliphatic rings. The molecule has 0 aliphatic heterocycles. The van der Waals surface area contributed by atoms with Crippen LogP contribution in [0.3, 0.4) is 0 Å². The van der Waals surface area contributed by atoms with Crippen LogP contribution in [-0.2, 0) is 14.2 Å². The molecule has 0 fully saturated rings. The van der Waals surface area contributed by atoms with E-state index in [2.05, 4.69) is 6.92 Å². The lowest BCUT2D eigenvalue weighted by Crippen LogP contribution is -2.17. The molecule has 156 valence electrons. The molecule has 0 aliphatic carbocycles. The van der Waals surface area contributed by atoms with Crippen molar-refractivity contribution in [2.45, 2.75) is 65.7 Å². The molecule has 0 atom stereocenters. The molecule has 28 heavy (non-hydrogen) atoms. The van der Waals surface area contributed by atoms with Gasteiger partial charge in [-0.15, -0.1) is 0 Å². The molecular weight excluding hydrogens is 360 g/mol. The highest BCUT2D eigenvalue weighted by Crippen LogP contribution is 2.17. The van der Waals surface area contributed by atoms with Gasteiger partial charge in [-0.1, -0.05) is 46.5 Å². The summed E-state index contributed by atoms with van der Waals surface area (Å²) in [6, 6.07) is 4.25. The Hall–Kier alpha value is -2.37. The minimum Gasteiger partial charge on any atom is -0.462 e. The molecular formula is C22H32O6. The molecule has 0 spiro atoms. The van der Waals surface area contributed by atoms with Gasteiger partial charge in [-0.2, -0.15) is 0 Å². The molecule has 0 saturated carbocycles. The van der Waals surface area contributed by atoms with E-state index in [4.69, 9.17) is 14.2 Å². The van der Waals surface area contributed by atoms with Crippen molar-refractivity contribution in [3.8, 4) is 0 Å². The Kier molecular flexibility index (Phi) is 11.6. The maximum absolute atomic E-state index is 12.5. The second-order valence-corrected chi connectivity index (χ2v) is 6.58. The van der Waals surface area contributed by atoms with Crippen molar-refractivity contribution < 1.29 is 28.6 Å². The molecule has 1 aromatic carbocycles. The van der Waals surface area contributed by atoms with E-state index in [0.29, 0.717) is 6.61 Å². The van der Waals surface area contributed by atoms with Crippen molar-refractivity contribution >= 4 is 17.9 Å². The minimum atomic E-state index is -0.637. The summed E-state index contributed by atoms with van der Waals surface area (Å²) in [5.41, 5.74) is 0.339. The first kappa shape index (κ1) is 23.7. The Morgan fingerprint density at radius 2 is 1.14 bits per heavy atom. The van der Waals surface area contributed by atoms with Crippen molar-refractivity contribution in [1.82, 2.24) is 0 Å². The lowest BCUT2D eigenvalue weighted by Gasteiger charge is -2.12. The van der Waals surface area contributed by atoms with E-state index in [1.54, 1.807) is 0 Å². The first-order valence-corrected chi connectivity index (χ1v) is 10.2. The van der Waals surface area contributed by atoms with Crippen molar-refractivity contribution in [3.05, 3.63) is 34.9 Å². The van der Waals surface area contributed by atoms with E-state index in [0.717, 1.165) is 44.9 Å². The van der Waals surface area contributed by atoms with Crippen LogP contribution in [0.15, 0.2) is 18.2 Å². The average molecular weight is 392 g/mol. The molecule has 6 heteroatoms. The van der Waals surface area contributed by atoms with Crippen LogP contribution in [0.2, 0.25) is 0 Å². The Balaban J connectivity index is 2.98. The third-order valence-corrected chi connectivity index (χ3v) is 4.14. The quantitative estimate of drug-likeness (QED) is 0.268. The van der Waals surface area contributed by atoms with E-state index >= 15 is 0 Å². The molecule has 0 saturated heterocycles. The highest BCUT2D eigenvalue weighted by Gasteiger charge is 2.22. The third kappa shape index (κ3) is 8.11. The number of hydrogen-bond donors (Lipinski definition) is 0. The van der Waals surface area contributed by atoms with Gasteiger partial charge in [-0.05, 0) is 37.5 Å². The molecule has 0 N–H and O–H groups in total. The average Bonchev–Trinajstić information content (AvgIpc) is 2.70. The zero-order valence-corrected chi connectivity index (χ0v) is 17.3. The van der Waals surface area contributed by atoms with Gasteiger partial charge in [0.15, 0.2) is 0 Å².